The summed E-state index contributed by atoms with van der Waals surface area (Å²) < 4.78 is 0. The monoisotopic (exact) mass is 414 g/mol. The summed E-state index contributed by atoms with van der Waals surface area (Å²) in [6.07, 6.45) is 12.1. The summed E-state index contributed by atoms with van der Waals surface area (Å²) in [5, 5.41) is 21.9. The van der Waals surface area contributed by atoms with Gasteiger partial charge in [-0.15, -0.1) is 0 Å². The Bertz CT molecular complexity index is 693. The minimum absolute atomic E-state index is 0.0651. The fourth-order valence-electron chi connectivity index (χ4n) is 8.47. The van der Waals surface area contributed by atoms with E-state index in [1.165, 1.54) is 36.8 Å². The Morgan fingerprint density at radius 2 is 1.87 bits per heavy atom. The van der Waals surface area contributed by atoms with Gasteiger partial charge in [0.1, 0.15) is 0 Å². The van der Waals surface area contributed by atoms with Crippen LogP contribution in [0.2, 0.25) is 0 Å². The van der Waals surface area contributed by atoms with Crippen LogP contribution in [0.1, 0.15) is 92.4 Å². The molecule has 0 heterocycles. The number of fused-ring (bicyclic) bond motifs is 5. The number of rotatable bonds is 5. The molecular weight excluding hydrogens is 368 g/mol. The summed E-state index contributed by atoms with van der Waals surface area (Å²) in [5.41, 5.74) is 3.13. The average molecular weight is 415 g/mol. The maximum atomic E-state index is 11.6. The van der Waals surface area contributed by atoms with Crippen molar-refractivity contribution in [1.82, 2.24) is 0 Å². The van der Waals surface area contributed by atoms with E-state index in [0.717, 1.165) is 32.1 Å². The molecule has 0 spiro atoms. The van der Waals surface area contributed by atoms with Crippen molar-refractivity contribution in [2.75, 3.05) is 0 Å². The first kappa shape index (κ1) is 22.6. The zero-order chi connectivity index (χ0) is 21.8. The Morgan fingerprint density at radius 3 is 2.57 bits per heavy atom. The van der Waals surface area contributed by atoms with E-state index in [9.17, 15) is 10.2 Å². The molecule has 0 aliphatic heterocycles. The number of aliphatic hydroxyl groups is 2. The second-order valence-corrected chi connectivity index (χ2v) is 12.3. The number of allylic oxidation sites excluding steroid dienone is 2. The summed E-state index contributed by atoms with van der Waals surface area (Å²) in [4.78, 5) is 0. The van der Waals surface area contributed by atoms with Crippen LogP contribution < -0.4 is 0 Å². The molecule has 0 unspecified atom stereocenters. The van der Waals surface area contributed by atoms with Gasteiger partial charge in [-0.25, -0.2) is 0 Å². The van der Waals surface area contributed by atoms with Crippen molar-refractivity contribution in [2.24, 2.45) is 46.3 Å². The third-order valence-corrected chi connectivity index (χ3v) is 10.7. The molecule has 0 aromatic heterocycles. The van der Waals surface area contributed by atoms with Crippen molar-refractivity contribution < 1.29 is 10.2 Å². The van der Waals surface area contributed by atoms with Crippen molar-refractivity contribution in [3.63, 3.8) is 0 Å². The van der Waals surface area contributed by atoms with Crippen LogP contribution in [0, 0.1) is 46.3 Å². The van der Waals surface area contributed by atoms with Gasteiger partial charge in [0.25, 0.3) is 0 Å². The van der Waals surface area contributed by atoms with Crippen LogP contribution >= 0.6 is 0 Å². The number of hydrogen-bond acceptors (Lipinski definition) is 2. The van der Waals surface area contributed by atoms with Gasteiger partial charge in [0.05, 0.1) is 12.2 Å². The Morgan fingerprint density at radius 1 is 1.13 bits per heavy atom. The van der Waals surface area contributed by atoms with Gasteiger partial charge in [-0.3, -0.25) is 0 Å². The molecule has 0 radical (unpaired) electrons. The van der Waals surface area contributed by atoms with Crippen LogP contribution in [0.3, 0.4) is 0 Å². The van der Waals surface area contributed by atoms with Gasteiger partial charge >= 0.3 is 0 Å². The molecule has 0 aromatic rings. The molecule has 3 saturated carbocycles. The fraction of sp³-hybridized carbons (Fsp3) is 0.857. The summed E-state index contributed by atoms with van der Waals surface area (Å²) in [6, 6.07) is 0. The van der Waals surface area contributed by atoms with Gasteiger partial charge in [0.15, 0.2) is 0 Å². The van der Waals surface area contributed by atoms with Crippen LogP contribution in [0.5, 0.6) is 0 Å². The van der Waals surface area contributed by atoms with Gasteiger partial charge in [0, 0.05) is 0 Å². The molecule has 30 heavy (non-hydrogen) atoms. The van der Waals surface area contributed by atoms with Crippen LogP contribution in [0.4, 0.5) is 0 Å². The molecule has 3 fully saturated rings. The molecule has 0 saturated heterocycles. The highest BCUT2D eigenvalue weighted by molar-refractivity contribution is 5.26. The molecule has 2 heteroatoms. The number of hydrogen-bond donors (Lipinski definition) is 2. The van der Waals surface area contributed by atoms with Crippen molar-refractivity contribution >= 4 is 0 Å². The highest BCUT2D eigenvalue weighted by Crippen LogP contribution is 2.67. The first-order valence-corrected chi connectivity index (χ1v) is 12.8. The van der Waals surface area contributed by atoms with E-state index in [0.29, 0.717) is 35.5 Å². The smallest absolute Gasteiger partial charge is 0.0602 e. The van der Waals surface area contributed by atoms with Crippen LogP contribution in [-0.4, -0.2) is 22.4 Å². The predicted molar refractivity (Wildman–Crippen MR) is 125 cm³/mol. The molecule has 0 aromatic carbocycles. The summed E-state index contributed by atoms with van der Waals surface area (Å²) in [7, 11) is 0. The van der Waals surface area contributed by atoms with E-state index >= 15 is 0 Å². The molecular formula is C28H46O2. The molecule has 9 atom stereocenters. The topological polar surface area (TPSA) is 40.5 Å². The van der Waals surface area contributed by atoms with Crippen molar-refractivity contribution in [3.8, 4) is 0 Å². The lowest BCUT2D eigenvalue weighted by Gasteiger charge is -2.60. The Labute approximate surface area is 185 Å². The van der Waals surface area contributed by atoms with E-state index in [2.05, 4.69) is 47.3 Å². The van der Waals surface area contributed by atoms with Crippen LogP contribution in [0.25, 0.3) is 0 Å². The minimum Gasteiger partial charge on any atom is -0.393 e. The first-order chi connectivity index (χ1) is 14.1. The predicted octanol–water partition coefficient (Wildman–Crippen LogP) is 6.53. The highest BCUT2D eigenvalue weighted by Gasteiger charge is 2.62. The summed E-state index contributed by atoms with van der Waals surface area (Å²) >= 11 is 0. The summed E-state index contributed by atoms with van der Waals surface area (Å²) in [6.45, 7) is 16.1. The van der Waals surface area contributed by atoms with Crippen LogP contribution in [-0.2, 0) is 0 Å². The molecule has 4 aliphatic rings. The largest absolute Gasteiger partial charge is 0.393 e. The van der Waals surface area contributed by atoms with Gasteiger partial charge < -0.3 is 10.2 Å². The van der Waals surface area contributed by atoms with Crippen molar-refractivity contribution in [2.45, 2.75) is 105 Å². The highest BCUT2D eigenvalue weighted by atomic mass is 16.3. The second-order valence-electron chi connectivity index (χ2n) is 12.3. The minimum atomic E-state index is -0.185. The average Bonchev–Trinajstić information content (AvgIpc) is 3.06. The molecule has 0 amide bonds. The number of aliphatic hydroxyl groups excluding tert-OH is 2. The zero-order valence-corrected chi connectivity index (χ0v) is 20.2. The Balaban J connectivity index is 1.54. The van der Waals surface area contributed by atoms with Crippen LogP contribution in [0.15, 0.2) is 23.8 Å². The van der Waals surface area contributed by atoms with E-state index in [1.54, 1.807) is 0 Å². The van der Waals surface area contributed by atoms with Gasteiger partial charge in [0.2, 0.25) is 0 Å². The summed E-state index contributed by atoms with van der Waals surface area (Å²) in [5.74, 6) is 3.80. The van der Waals surface area contributed by atoms with Crippen molar-refractivity contribution in [3.05, 3.63) is 23.8 Å². The third kappa shape index (κ3) is 3.45. The third-order valence-electron chi connectivity index (χ3n) is 10.7. The lowest BCUT2D eigenvalue weighted by atomic mass is 9.46. The quantitative estimate of drug-likeness (QED) is 0.502. The van der Waals surface area contributed by atoms with E-state index in [1.807, 2.05) is 0 Å². The van der Waals surface area contributed by atoms with E-state index in [4.69, 9.17) is 0 Å². The van der Waals surface area contributed by atoms with E-state index < -0.39 is 0 Å². The molecule has 170 valence electrons. The zero-order valence-electron chi connectivity index (χ0n) is 20.2. The van der Waals surface area contributed by atoms with Crippen molar-refractivity contribution in [1.29, 1.82) is 0 Å². The maximum Gasteiger partial charge on any atom is 0.0602 e. The molecule has 4 aliphatic carbocycles. The molecule has 4 rings (SSSR count). The molecule has 2 N–H and O–H groups in total. The maximum absolute atomic E-state index is 11.6. The van der Waals surface area contributed by atoms with E-state index in [-0.39, 0.29) is 23.0 Å². The Kier molecular flexibility index (Phi) is 6.08. The SMILES string of the molecule is C=C(CC[C@H](C)[C@@H]1CC[C@H]2[C@H]3CC=C4C[C@@H](O)CC[C@]4(C)[C@H]3C[C@@H](O)[C@]21C)C(C)C. The molecule has 0 bridgehead atoms. The lowest BCUT2D eigenvalue weighted by molar-refractivity contribution is -0.136. The second kappa shape index (κ2) is 8.07. The molecule has 2 nitrogen and oxygen atoms in total. The first-order valence-electron chi connectivity index (χ1n) is 12.8. The van der Waals surface area contributed by atoms with Gasteiger partial charge in [-0.2, -0.15) is 0 Å². The Hall–Kier alpha value is -0.600. The normalized spacial score (nSPS) is 46.6. The standard InChI is InChI=1S/C28H46O2/c1-17(2)18(3)7-8-19(4)23-11-12-24-22-10-9-20-15-21(29)13-14-27(20,5)25(22)16-26(30)28(23,24)6/h9,17,19,21-26,29-30H,3,7-8,10-16H2,1-2,4-6H3/t19-,21-,22+,23-,24-,25-,26+,27-,28-/m0/s1. The van der Waals surface area contributed by atoms with Gasteiger partial charge in [-0.1, -0.05) is 58.4 Å². The fourth-order valence-corrected chi connectivity index (χ4v) is 8.47. The van der Waals surface area contributed by atoms with Gasteiger partial charge in [-0.05, 0) is 104 Å². The lowest BCUT2D eigenvalue weighted by Crippen LogP contribution is -2.56.